The smallest absolute Gasteiger partial charge is 0.327 e. The monoisotopic (exact) mass is 466 g/mol. The summed E-state index contributed by atoms with van der Waals surface area (Å²) < 4.78 is 19.5. The maximum Gasteiger partial charge on any atom is 0.327 e. The molecule has 0 bridgehead atoms. The van der Waals surface area contributed by atoms with Gasteiger partial charge in [-0.05, 0) is 50.1 Å². The summed E-state index contributed by atoms with van der Waals surface area (Å²) >= 11 is 0. The number of ether oxygens (including phenoxy) is 1. The van der Waals surface area contributed by atoms with Crippen molar-refractivity contribution in [3.8, 4) is 0 Å². The summed E-state index contributed by atoms with van der Waals surface area (Å²) in [4.78, 5) is 53.8. The van der Waals surface area contributed by atoms with E-state index in [0.29, 0.717) is 17.5 Å². The van der Waals surface area contributed by atoms with Crippen molar-refractivity contribution in [3.05, 3.63) is 65.5 Å². The molecule has 2 aromatic carbocycles. The van der Waals surface area contributed by atoms with Crippen molar-refractivity contribution in [3.63, 3.8) is 0 Å². The molecule has 1 N–H and O–H groups in total. The minimum absolute atomic E-state index is 0.112. The highest BCUT2D eigenvalue weighted by Gasteiger charge is 2.68. The number of nitrogens with zero attached hydrogens (tertiary/aromatic N) is 1. The summed E-state index contributed by atoms with van der Waals surface area (Å²) in [5.74, 6) is -4.30. The van der Waals surface area contributed by atoms with Crippen LogP contribution < -0.4 is 10.2 Å². The minimum Gasteiger partial charge on any atom is -0.465 e. The number of rotatable bonds is 7. The van der Waals surface area contributed by atoms with E-state index in [9.17, 15) is 23.6 Å². The first-order valence-electron chi connectivity index (χ1n) is 11.4. The number of carbonyl (C=O) groups excluding carboxylic acids is 4. The molecule has 2 heterocycles. The molecule has 4 atom stereocenters. The van der Waals surface area contributed by atoms with Gasteiger partial charge in [0.15, 0.2) is 5.78 Å². The second-order valence-corrected chi connectivity index (χ2v) is 8.74. The van der Waals surface area contributed by atoms with Crippen LogP contribution in [0, 0.1) is 17.7 Å². The van der Waals surface area contributed by atoms with Crippen LogP contribution in [0.4, 0.5) is 10.1 Å². The SMILES string of the molecule is CCC[C@]1(C(=O)OCC)N[C@@H](c2cccc(F)c2)[C@H]2C(=O)N(c3cccc(C(C)=O)c3)C(=O)[C@H]21. The van der Waals surface area contributed by atoms with Crippen LogP contribution in [0.3, 0.4) is 0 Å². The van der Waals surface area contributed by atoms with Crippen LogP contribution >= 0.6 is 0 Å². The molecule has 7 nitrogen and oxygen atoms in total. The number of ketones is 1. The van der Waals surface area contributed by atoms with Gasteiger partial charge in [-0.3, -0.25) is 24.5 Å². The Labute approximate surface area is 197 Å². The molecule has 4 rings (SSSR count). The number of hydrogen-bond donors (Lipinski definition) is 1. The van der Waals surface area contributed by atoms with E-state index in [2.05, 4.69) is 5.32 Å². The third-order valence-corrected chi connectivity index (χ3v) is 6.66. The molecule has 2 saturated heterocycles. The van der Waals surface area contributed by atoms with Gasteiger partial charge in [-0.1, -0.05) is 37.6 Å². The molecule has 0 saturated carbocycles. The lowest BCUT2D eigenvalue weighted by Gasteiger charge is -2.32. The fraction of sp³-hybridized carbons (Fsp3) is 0.385. The predicted octanol–water partition coefficient (Wildman–Crippen LogP) is 3.58. The molecular formula is C26H27FN2O5. The van der Waals surface area contributed by atoms with Crippen LogP contribution in [0.1, 0.15) is 55.6 Å². The van der Waals surface area contributed by atoms with E-state index < -0.39 is 47.0 Å². The quantitative estimate of drug-likeness (QED) is 0.381. The van der Waals surface area contributed by atoms with E-state index >= 15 is 0 Å². The highest BCUT2D eigenvalue weighted by atomic mass is 19.1. The molecule has 178 valence electrons. The first kappa shape index (κ1) is 23.8. The summed E-state index contributed by atoms with van der Waals surface area (Å²) in [6.07, 6.45) is 0.811. The van der Waals surface area contributed by atoms with Crippen LogP contribution in [0.15, 0.2) is 48.5 Å². The molecule has 0 unspecified atom stereocenters. The molecule has 34 heavy (non-hydrogen) atoms. The summed E-state index contributed by atoms with van der Waals surface area (Å²) in [5.41, 5.74) is -0.339. The first-order valence-corrected chi connectivity index (χ1v) is 11.4. The molecule has 8 heteroatoms. The van der Waals surface area contributed by atoms with Crippen LogP contribution in [-0.4, -0.2) is 35.7 Å². The number of halogens is 1. The van der Waals surface area contributed by atoms with E-state index in [1.54, 1.807) is 31.2 Å². The lowest BCUT2D eigenvalue weighted by molar-refractivity contribution is -0.155. The molecule has 0 aliphatic carbocycles. The number of amides is 2. The molecule has 2 aromatic rings. The Morgan fingerprint density at radius 3 is 2.47 bits per heavy atom. The second-order valence-electron chi connectivity index (χ2n) is 8.74. The third kappa shape index (κ3) is 3.72. The topological polar surface area (TPSA) is 92.8 Å². The van der Waals surface area contributed by atoms with E-state index in [1.165, 1.54) is 31.2 Å². The minimum atomic E-state index is -1.44. The highest BCUT2D eigenvalue weighted by molar-refractivity contribution is 6.24. The zero-order chi connectivity index (χ0) is 24.6. The highest BCUT2D eigenvalue weighted by Crippen LogP contribution is 2.51. The van der Waals surface area contributed by atoms with E-state index in [1.807, 2.05) is 6.92 Å². The lowest BCUT2D eigenvalue weighted by Crippen LogP contribution is -2.56. The van der Waals surface area contributed by atoms with Gasteiger partial charge in [-0.25, -0.2) is 9.29 Å². The number of nitrogens with one attached hydrogen (secondary N) is 1. The van der Waals surface area contributed by atoms with Gasteiger partial charge < -0.3 is 4.74 Å². The van der Waals surface area contributed by atoms with Gasteiger partial charge in [0.1, 0.15) is 11.4 Å². The second kappa shape index (κ2) is 9.10. The van der Waals surface area contributed by atoms with Crippen molar-refractivity contribution in [1.82, 2.24) is 5.32 Å². The Morgan fingerprint density at radius 2 is 1.82 bits per heavy atom. The Balaban J connectivity index is 1.87. The number of esters is 1. The van der Waals surface area contributed by atoms with E-state index in [4.69, 9.17) is 4.74 Å². The predicted molar refractivity (Wildman–Crippen MR) is 122 cm³/mol. The normalized spacial score (nSPS) is 26.0. The van der Waals surface area contributed by atoms with Gasteiger partial charge in [0, 0.05) is 11.6 Å². The summed E-state index contributed by atoms with van der Waals surface area (Å²) in [6.45, 7) is 5.07. The Kier molecular flexibility index (Phi) is 6.36. The number of imide groups is 1. The largest absolute Gasteiger partial charge is 0.465 e. The Bertz CT molecular complexity index is 1170. The van der Waals surface area contributed by atoms with Gasteiger partial charge in [0.25, 0.3) is 0 Å². The van der Waals surface area contributed by atoms with E-state index in [0.717, 1.165) is 4.90 Å². The number of anilines is 1. The van der Waals surface area contributed by atoms with Crippen LogP contribution in [-0.2, 0) is 19.1 Å². The Morgan fingerprint density at radius 1 is 1.09 bits per heavy atom. The molecule has 2 amide bonds. The van der Waals surface area contributed by atoms with Crippen molar-refractivity contribution >= 4 is 29.3 Å². The number of fused-ring (bicyclic) bond motifs is 1. The molecule has 2 fully saturated rings. The van der Waals surface area contributed by atoms with Gasteiger partial charge in [0.2, 0.25) is 11.8 Å². The molecule has 2 aliphatic rings. The zero-order valence-electron chi connectivity index (χ0n) is 19.3. The van der Waals surface area contributed by atoms with E-state index in [-0.39, 0.29) is 24.5 Å². The standard InChI is InChI=1S/C26H27FN2O5/c1-4-12-26(25(33)34-5-2)21-20(22(28-26)17-9-6-10-18(27)13-17)23(31)29(24(21)32)19-11-7-8-16(14-19)15(3)30/h6-11,13-14,20-22,28H,4-5,12H2,1-3H3/t20-,21-,22-,26-/m0/s1. The third-order valence-electron chi connectivity index (χ3n) is 6.66. The number of benzene rings is 2. The molecule has 0 radical (unpaired) electrons. The Hall–Kier alpha value is -3.39. The summed E-state index contributed by atoms with van der Waals surface area (Å²) in [5, 5.41) is 3.23. The molecule has 0 spiro atoms. The average molecular weight is 467 g/mol. The van der Waals surface area contributed by atoms with Gasteiger partial charge in [-0.2, -0.15) is 0 Å². The van der Waals surface area contributed by atoms with Crippen molar-refractivity contribution in [2.75, 3.05) is 11.5 Å². The molecular weight excluding hydrogens is 439 g/mol. The summed E-state index contributed by atoms with van der Waals surface area (Å²) in [7, 11) is 0. The summed E-state index contributed by atoms with van der Waals surface area (Å²) in [6, 6.07) is 11.3. The van der Waals surface area contributed by atoms with Crippen molar-refractivity contribution in [1.29, 1.82) is 0 Å². The zero-order valence-corrected chi connectivity index (χ0v) is 19.3. The number of hydrogen-bond acceptors (Lipinski definition) is 6. The number of carbonyl (C=O) groups is 4. The lowest BCUT2D eigenvalue weighted by atomic mass is 9.77. The maximum atomic E-state index is 14.1. The van der Waals surface area contributed by atoms with Crippen LogP contribution in [0.2, 0.25) is 0 Å². The molecule has 2 aliphatic heterocycles. The van der Waals surface area contributed by atoms with Crippen LogP contribution in [0.25, 0.3) is 0 Å². The van der Waals surface area contributed by atoms with Crippen LogP contribution in [0.5, 0.6) is 0 Å². The van der Waals surface area contributed by atoms with Gasteiger partial charge in [-0.15, -0.1) is 0 Å². The van der Waals surface area contributed by atoms with Gasteiger partial charge >= 0.3 is 5.97 Å². The fourth-order valence-corrected chi connectivity index (χ4v) is 5.28. The maximum absolute atomic E-state index is 14.1. The fourth-order valence-electron chi connectivity index (χ4n) is 5.28. The van der Waals surface area contributed by atoms with Crippen molar-refractivity contribution < 1.29 is 28.3 Å². The average Bonchev–Trinajstić information content (AvgIpc) is 3.28. The first-order chi connectivity index (χ1) is 16.2. The van der Waals surface area contributed by atoms with Crippen molar-refractivity contribution in [2.45, 2.75) is 45.2 Å². The van der Waals surface area contributed by atoms with Gasteiger partial charge in [0.05, 0.1) is 24.1 Å². The number of Topliss-reactive ketones (excluding diaryl/α,β-unsaturated/α-hetero) is 1. The molecule has 0 aromatic heterocycles. The van der Waals surface area contributed by atoms with Crippen molar-refractivity contribution in [2.24, 2.45) is 11.8 Å².